The molecule has 0 spiro atoms. The van der Waals surface area contributed by atoms with E-state index >= 15 is 0 Å². The van der Waals surface area contributed by atoms with Crippen LogP contribution in [0, 0.1) is 18.3 Å². The lowest BCUT2D eigenvalue weighted by Crippen LogP contribution is -2.57. The second-order valence-corrected chi connectivity index (χ2v) is 9.63. The maximum atomic E-state index is 13.4. The van der Waals surface area contributed by atoms with Crippen LogP contribution in [0.3, 0.4) is 0 Å². The van der Waals surface area contributed by atoms with Crippen molar-refractivity contribution in [1.82, 2.24) is 4.31 Å². The molecule has 0 bridgehead atoms. The molecule has 9 heteroatoms. The Bertz CT molecular complexity index is 865. The van der Waals surface area contributed by atoms with E-state index in [9.17, 15) is 23.4 Å². The van der Waals surface area contributed by atoms with Gasteiger partial charge >= 0.3 is 5.97 Å². The van der Waals surface area contributed by atoms with Crippen LogP contribution < -0.4 is 9.47 Å². The van der Waals surface area contributed by atoms with Crippen molar-refractivity contribution < 1.29 is 32.9 Å². The van der Waals surface area contributed by atoms with Crippen LogP contribution in [0.25, 0.3) is 0 Å². The third-order valence-corrected chi connectivity index (χ3v) is 7.69. The summed E-state index contributed by atoms with van der Waals surface area (Å²) in [6.45, 7) is 1.56. The fraction of sp³-hybridized carbons (Fsp3) is 0.632. The minimum absolute atomic E-state index is 0.0442. The lowest BCUT2D eigenvalue weighted by atomic mass is 9.74. The number of benzene rings is 1. The van der Waals surface area contributed by atoms with Crippen molar-refractivity contribution in [2.24, 2.45) is 11.3 Å². The molecule has 2 atom stereocenters. The summed E-state index contributed by atoms with van der Waals surface area (Å²) in [5, 5.41) is 20.4. The molecule has 28 heavy (non-hydrogen) atoms. The average Bonchev–Trinajstić information content (AvgIpc) is 3.46. The van der Waals surface area contributed by atoms with Gasteiger partial charge in [-0.1, -0.05) is 12.8 Å². The number of hydrogen-bond donors (Lipinski definition) is 2. The number of ether oxygens (including phenoxy) is 2. The minimum atomic E-state index is -4.04. The number of rotatable bonds is 7. The predicted octanol–water partition coefficient (Wildman–Crippen LogP) is 1.64. The Hall–Kier alpha value is -1.84. The number of aryl methyl sites for hydroxylation is 1. The molecule has 156 valence electrons. The van der Waals surface area contributed by atoms with Crippen molar-refractivity contribution in [2.75, 3.05) is 27.3 Å². The Balaban J connectivity index is 2.01. The number of hydrogen-bond acceptors (Lipinski definition) is 6. The third kappa shape index (κ3) is 3.58. The summed E-state index contributed by atoms with van der Waals surface area (Å²) in [6, 6.07) is 2.98. The summed E-state index contributed by atoms with van der Waals surface area (Å²) in [4.78, 5) is 12.0. The Kier molecular flexibility index (Phi) is 5.62. The number of aliphatic hydroxyl groups is 1. The van der Waals surface area contributed by atoms with Crippen LogP contribution in [0.2, 0.25) is 0 Å². The van der Waals surface area contributed by atoms with Crippen LogP contribution in [-0.2, 0) is 14.8 Å². The molecule has 1 aromatic carbocycles. The number of carboxylic acid groups (broad SMARTS) is 1. The second-order valence-electron chi connectivity index (χ2n) is 7.72. The summed E-state index contributed by atoms with van der Waals surface area (Å²) in [7, 11) is -1.21. The van der Waals surface area contributed by atoms with Gasteiger partial charge < -0.3 is 19.7 Å². The Morgan fingerprint density at radius 1 is 1.21 bits per heavy atom. The Morgan fingerprint density at radius 3 is 2.39 bits per heavy atom. The van der Waals surface area contributed by atoms with E-state index in [0.29, 0.717) is 5.75 Å². The maximum absolute atomic E-state index is 13.4. The predicted molar refractivity (Wildman–Crippen MR) is 101 cm³/mol. The van der Waals surface area contributed by atoms with Crippen LogP contribution >= 0.6 is 0 Å². The molecule has 1 aliphatic heterocycles. The van der Waals surface area contributed by atoms with Gasteiger partial charge in [-0.2, -0.15) is 4.31 Å². The van der Waals surface area contributed by atoms with E-state index in [4.69, 9.17) is 9.47 Å². The van der Waals surface area contributed by atoms with Crippen LogP contribution in [-0.4, -0.2) is 62.3 Å². The van der Waals surface area contributed by atoms with Gasteiger partial charge in [0.05, 0.1) is 20.3 Å². The molecule has 0 aromatic heterocycles. The van der Waals surface area contributed by atoms with Crippen molar-refractivity contribution in [3.05, 3.63) is 17.7 Å². The van der Waals surface area contributed by atoms with Gasteiger partial charge in [0.15, 0.2) is 0 Å². The number of nitrogens with zero attached hydrogens (tertiary/aromatic N) is 1. The normalized spacial score (nSPS) is 26.1. The van der Waals surface area contributed by atoms with Gasteiger partial charge in [0.1, 0.15) is 21.8 Å². The first kappa shape index (κ1) is 20.9. The number of piperidine rings is 1. The molecule has 2 N–H and O–H groups in total. The van der Waals surface area contributed by atoms with E-state index in [1.807, 2.05) is 0 Å². The van der Waals surface area contributed by atoms with Crippen LogP contribution in [0.4, 0.5) is 0 Å². The highest BCUT2D eigenvalue weighted by molar-refractivity contribution is 7.89. The van der Waals surface area contributed by atoms with Gasteiger partial charge in [0.25, 0.3) is 0 Å². The largest absolute Gasteiger partial charge is 0.496 e. The summed E-state index contributed by atoms with van der Waals surface area (Å²) >= 11 is 0. The van der Waals surface area contributed by atoms with E-state index in [-0.39, 0.29) is 42.5 Å². The summed E-state index contributed by atoms with van der Waals surface area (Å²) < 4.78 is 38.4. The van der Waals surface area contributed by atoms with Gasteiger partial charge in [0, 0.05) is 19.2 Å². The molecule has 1 aliphatic carbocycles. The Labute approximate surface area is 165 Å². The summed E-state index contributed by atoms with van der Waals surface area (Å²) in [5.41, 5.74) is -0.768. The van der Waals surface area contributed by atoms with Gasteiger partial charge in [-0.3, -0.25) is 4.79 Å². The molecule has 3 rings (SSSR count). The molecule has 1 saturated heterocycles. The molecule has 8 nitrogen and oxygen atoms in total. The van der Waals surface area contributed by atoms with Gasteiger partial charge in [-0.15, -0.1) is 0 Å². The molecule has 0 unspecified atom stereocenters. The zero-order chi connectivity index (χ0) is 20.7. The quantitative estimate of drug-likeness (QED) is 0.698. The van der Waals surface area contributed by atoms with Crippen LogP contribution in [0.1, 0.15) is 31.2 Å². The number of aliphatic hydroxyl groups excluding tert-OH is 1. The van der Waals surface area contributed by atoms with Crippen LogP contribution in [0.15, 0.2) is 17.0 Å². The number of carbonyl (C=O) groups is 1. The first-order valence-corrected chi connectivity index (χ1v) is 10.7. The fourth-order valence-electron chi connectivity index (χ4n) is 3.95. The van der Waals surface area contributed by atoms with Crippen molar-refractivity contribution in [3.63, 3.8) is 0 Å². The monoisotopic (exact) mass is 413 g/mol. The van der Waals surface area contributed by atoms with Crippen molar-refractivity contribution in [2.45, 2.75) is 43.6 Å². The zero-order valence-corrected chi connectivity index (χ0v) is 17.2. The molecule has 0 amide bonds. The van der Waals surface area contributed by atoms with Crippen molar-refractivity contribution >= 4 is 16.0 Å². The van der Waals surface area contributed by atoms with Gasteiger partial charge in [0.2, 0.25) is 10.0 Å². The van der Waals surface area contributed by atoms with E-state index < -0.39 is 27.5 Å². The molecule has 1 aromatic rings. The van der Waals surface area contributed by atoms with E-state index in [1.165, 1.54) is 20.3 Å². The lowest BCUT2D eigenvalue weighted by molar-refractivity contribution is -0.162. The first-order chi connectivity index (χ1) is 13.2. The average molecular weight is 413 g/mol. The van der Waals surface area contributed by atoms with Crippen LogP contribution in [0.5, 0.6) is 11.5 Å². The molecule has 0 radical (unpaired) electrons. The smallest absolute Gasteiger partial charge is 0.313 e. The van der Waals surface area contributed by atoms with E-state index in [0.717, 1.165) is 22.7 Å². The third-order valence-electron chi connectivity index (χ3n) is 5.82. The highest BCUT2D eigenvalue weighted by Crippen LogP contribution is 2.46. The molecule has 1 heterocycles. The summed E-state index contributed by atoms with van der Waals surface area (Å²) in [5.74, 6) is -0.353. The molecule has 2 fully saturated rings. The van der Waals surface area contributed by atoms with E-state index in [2.05, 4.69) is 0 Å². The number of carboxylic acids is 1. The fourth-order valence-corrected chi connectivity index (χ4v) is 5.62. The minimum Gasteiger partial charge on any atom is -0.496 e. The molecular formula is C19H27NO7S. The topological polar surface area (TPSA) is 113 Å². The number of methoxy groups -OCH3 is 2. The number of sulfonamides is 1. The van der Waals surface area contributed by atoms with Gasteiger partial charge in [-0.05, 0) is 37.3 Å². The zero-order valence-electron chi connectivity index (χ0n) is 16.3. The molecule has 2 aliphatic rings. The Morgan fingerprint density at radius 2 is 1.86 bits per heavy atom. The SMILES string of the molecule is COc1cc(S(=O)(=O)N2CC[C@@H](O)[C@@](CC3CC3)(C(=O)O)C2)c(OC)cc1C. The highest BCUT2D eigenvalue weighted by Gasteiger charge is 2.53. The standard InChI is InChI=1S/C19H27NO7S/c1-12-8-15(27-3)16(9-14(12)26-2)28(24,25)20-7-6-17(21)19(11-20,18(22)23)10-13-4-5-13/h8-9,13,17,21H,4-7,10-11H2,1-3H3,(H,22,23)/t17-,19+/m1/s1. The van der Waals surface area contributed by atoms with Gasteiger partial charge in [-0.25, -0.2) is 8.42 Å². The summed E-state index contributed by atoms with van der Waals surface area (Å²) in [6.07, 6.45) is 1.11. The molecule has 1 saturated carbocycles. The van der Waals surface area contributed by atoms with Crippen molar-refractivity contribution in [1.29, 1.82) is 0 Å². The molecular weight excluding hydrogens is 386 g/mol. The van der Waals surface area contributed by atoms with E-state index in [1.54, 1.807) is 13.0 Å². The highest BCUT2D eigenvalue weighted by atomic mass is 32.2. The maximum Gasteiger partial charge on any atom is 0.313 e. The second kappa shape index (κ2) is 7.53. The van der Waals surface area contributed by atoms with Crippen molar-refractivity contribution in [3.8, 4) is 11.5 Å². The lowest BCUT2D eigenvalue weighted by Gasteiger charge is -2.43. The number of aliphatic carboxylic acids is 1. The first-order valence-electron chi connectivity index (χ1n) is 9.30.